The van der Waals surface area contributed by atoms with Crippen LogP contribution in [0.25, 0.3) is 16.9 Å². The minimum Gasteiger partial charge on any atom is -0.494 e. The first-order valence-corrected chi connectivity index (χ1v) is 12.1. The van der Waals surface area contributed by atoms with Gasteiger partial charge in [-0.25, -0.2) is 14.8 Å². The van der Waals surface area contributed by atoms with Crippen LogP contribution in [0.1, 0.15) is 37.2 Å². The molecule has 2 atom stereocenters. The molecule has 0 aromatic carbocycles. The van der Waals surface area contributed by atoms with E-state index >= 15 is 0 Å². The van der Waals surface area contributed by atoms with Crippen molar-refractivity contribution >= 4 is 11.7 Å². The maximum Gasteiger partial charge on any atom is 0.414 e. The van der Waals surface area contributed by atoms with E-state index in [1.807, 2.05) is 0 Å². The highest BCUT2D eigenvalue weighted by atomic mass is 19.4. The van der Waals surface area contributed by atoms with Gasteiger partial charge in [0.1, 0.15) is 11.8 Å². The van der Waals surface area contributed by atoms with E-state index in [2.05, 4.69) is 15.0 Å². The number of hydrogen-bond acceptors (Lipinski definition) is 6. The second kappa shape index (κ2) is 12.1. The van der Waals surface area contributed by atoms with Gasteiger partial charge in [-0.1, -0.05) is 0 Å². The second-order valence-corrected chi connectivity index (χ2v) is 8.99. The van der Waals surface area contributed by atoms with Crippen molar-refractivity contribution in [1.29, 1.82) is 0 Å². The molecule has 0 aliphatic rings. The summed E-state index contributed by atoms with van der Waals surface area (Å²) in [5.41, 5.74) is 0.0485. The van der Waals surface area contributed by atoms with Gasteiger partial charge in [0.15, 0.2) is 6.04 Å². The largest absolute Gasteiger partial charge is 0.494 e. The van der Waals surface area contributed by atoms with Crippen LogP contribution in [0.2, 0.25) is 0 Å². The second-order valence-electron chi connectivity index (χ2n) is 8.99. The maximum absolute atomic E-state index is 14.4. The van der Waals surface area contributed by atoms with Crippen molar-refractivity contribution in [3.8, 4) is 22.9 Å². The van der Waals surface area contributed by atoms with E-state index in [4.69, 9.17) is 9.47 Å². The molecule has 0 saturated carbocycles. The number of pyridine rings is 1. The van der Waals surface area contributed by atoms with Gasteiger partial charge in [0.05, 0.1) is 37.5 Å². The molecule has 0 aliphatic heterocycles. The molecule has 42 heavy (non-hydrogen) atoms. The molecule has 18 heteroatoms. The first-order valence-electron chi connectivity index (χ1n) is 12.1. The van der Waals surface area contributed by atoms with Crippen molar-refractivity contribution < 1.29 is 53.8 Å². The third-order valence-electron chi connectivity index (χ3n) is 6.02. The number of urea groups is 1. The lowest BCUT2D eigenvalue weighted by Crippen LogP contribution is -2.53. The van der Waals surface area contributed by atoms with Crippen LogP contribution in [0.15, 0.2) is 24.7 Å². The Hall–Kier alpha value is -3.99. The van der Waals surface area contributed by atoms with Gasteiger partial charge in [0, 0.05) is 30.9 Å². The average Bonchev–Trinajstić information content (AvgIpc) is 3.26. The Kier molecular flexibility index (Phi) is 9.36. The molecule has 3 aromatic rings. The van der Waals surface area contributed by atoms with Crippen molar-refractivity contribution in [2.45, 2.75) is 57.3 Å². The van der Waals surface area contributed by atoms with Crippen molar-refractivity contribution in [2.75, 3.05) is 20.8 Å². The van der Waals surface area contributed by atoms with Crippen molar-refractivity contribution in [3.05, 3.63) is 36.0 Å². The average molecular weight is 616 g/mol. The Bertz CT molecular complexity index is 1410. The highest BCUT2D eigenvalue weighted by molar-refractivity contribution is 5.76. The molecule has 9 nitrogen and oxygen atoms in total. The number of amides is 2. The number of nitrogens with one attached hydrogen (secondary N) is 1. The van der Waals surface area contributed by atoms with Gasteiger partial charge >= 0.3 is 24.6 Å². The summed E-state index contributed by atoms with van der Waals surface area (Å²) in [4.78, 5) is 25.0. The number of carbonyl (C=O) groups excluding carboxylic acids is 1. The van der Waals surface area contributed by atoms with Crippen LogP contribution in [-0.2, 0) is 0 Å². The van der Waals surface area contributed by atoms with Crippen LogP contribution in [0, 0.1) is 6.92 Å². The molecule has 0 bridgehead atoms. The highest BCUT2D eigenvalue weighted by Gasteiger charge is 2.49. The molecule has 0 spiro atoms. The number of hydrogen-bond donors (Lipinski definition) is 1. The van der Waals surface area contributed by atoms with Gasteiger partial charge in [-0.05, 0) is 26.3 Å². The molecular formula is C24H25F9N6O3. The third-order valence-corrected chi connectivity index (χ3v) is 6.02. The van der Waals surface area contributed by atoms with E-state index in [0.717, 1.165) is 19.2 Å². The van der Waals surface area contributed by atoms with E-state index in [1.54, 1.807) is 13.1 Å². The SMILES string of the molecule is CCN(C(=O)N[C@@H](CCC(F)(F)F)C(F)(F)F)[C@@H](c1cc(-c2cn3cc(C)nc3c(OC)n2)c(OC)cn1)C(F)(F)F. The summed E-state index contributed by atoms with van der Waals surface area (Å²) in [5, 5.41) is 1.28. The summed E-state index contributed by atoms with van der Waals surface area (Å²) >= 11 is 0. The molecule has 0 radical (unpaired) electrons. The van der Waals surface area contributed by atoms with E-state index in [0.29, 0.717) is 11.3 Å². The maximum atomic E-state index is 14.4. The fourth-order valence-electron chi connectivity index (χ4n) is 4.14. The van der Waals surface area contributed by atoms with Crippen LogP contribution in [0.5, 0.6) is 11.6 Å². The normalized spacial score (nSPS) is 14.0. The van der Waals surface area contributed by atoms with Gasteiger partial charge in [0.2, 0.25) is 5.65 Å². The number of methoxy groups -OCH3 is 2. The minimum atomic E-state index is -5.37. The Balaban J connectivity index is 2.08. The number of aryl methyl sites for hydroxylation is 1. The number of imidazole rings is 1. The van der Waals surface area contributed by atoms with Crippen LogP contribution in [-0.4, -0.2) is 75.6 Å². The zero-order valence-corrected chi connectivity index (χ0v) is 22.4. The number of nitrogens with zero attached hydrogens (tertiary/aromatic N) is 5. The van der Waals surface area contributed by atoms with Gasteiger partial charge in [-0.3, -0.25) is 4.98 Å². The summed E-state index contributed by atoms with van der Waals surface area (Å²) in [6, 6.07) is -6.95. The molecule has 0 fully saturated rings. The zero-order chi connectivity index (χ0) is 31.6. The quantitative estimate of drug-likeness (QED) is 0.296. The van der Waals surface area contributed by atoms with Crippen LogP contribution >= 0.6 is 0 Å². The Morgan fingerprint density at radius 1 is 1.02 bits per heavy atom. The van der Waals surface area contributed by atoms with Crippen LogP contribution in [0.4, 0.5) is 44.3 Å². The molecule has 0 aliphatic carbocycles. The topological polar surface area (TPSA) is 93.9 Å². The highest BCUT2D eigenvalue weighted by Crippen LogP contribution is 2.40. The first kappa shape index (κ1) is 32.5. The van der Waals surface area contributed by atoms with Gasteiger partial charge in [0.25, 0.3) is 5.88 Å². The molecule has 2 amide bonds. The minimum absolute atomic E-state index is 0.00134. The summed E-state index contributed by atoms with van der Waals surface area (Å²) in [5.74, 6) is -0.0257. The van der Waals surface area contributed by atoms with Gasteiger partial charge < -0.3 is 24.1 Å². The Labute approximate surface area is 232 Å². The number of rotatable bonds is 9. The smallest absolute Gasteiger partial charge is 0.414 e. The number of fused-ring (bicyclic) bond motifs is 1. The predicted octanol–water partition coefficient (Wildman–Crippen LogP) is 6.03. The van der Waals surface area contributed by atoms with Gasteiger partial charge in [-0.2, -0.15) is 39.5 Å². The summed E-state index contributed by atoms with van der Waals surface area (Å²) in [6.07, 6.45) is -15.3. The molecular weight excluding hydrogens is 591 g/mol. The molecule has 0 saturated heterocycles. The van der Waals surface area contributed by atoms with Crippen molar-refractivity contribution in [2.24, 2.45) is 0 Å². The van der Waals surface area contributed by atoms with Crippen LogP contribution < -0.4 is 14.8 Å². The lowest BCUT2D eigenvalue weighted by molar-refractivity contribution is -0.182. The molecule has 3 rings (SSSR count). The van der Waals surface area contributed by atoms with Gasteiger partial charge in [-0.15, -0.1) is 0 Å². The van der Waals surface area contributed by atoms with Crippen LogP contribution in [0.3, 0.4) is 0 Å². The zero-order valence-electron chi connectivity index (χ0n) is 22.4. The monoisotopic (exact) mass is 616 g/mol. The number of halogens is 9. The Morgan fingerprint density at radius 2 is 1.69 bits per heavy atom. The molecule has 232 valence electrons. The number of alkyl halides is 9. The number of aromatic nitrogens is 4. The molecule has 0 unspecified atom stereocenters. The van der Waals surface area contributed by atoms with E-state index in [9.17, 15) is 44.3 Å². The van der Waals surface area contributed by atoms with E-state index in [-0.39, 0.29) is 27.8 Å². The van der Waals surface area contributed by atoms with E-state index < -0.39 is 61.7 Å². The Morgan fingerprint density at radius 3 is 2.21 bits per heavy atom. The number of ether oxygens (including phenoxy) is 2. The summed E-state index contributed by atoms with van der Waals surface area (Å²) in [7, 11) is 2.51. The van der Waals surface area contributed by atoms with E-state index in [1.165, 1.54) is 30.1 Å². The standard InChI is InChI=1S/C24H25F9N6O3/c1-5-39(21(40)37-17(23(28,29)30)6-7-22(25,26)27)18(24(31,32)33)14-8-13(16(41-3)9-34-14)15-11-38-10-12(2)35-19(38)20(36-15)42-4/h8-11,17-18H,5-7H2,1-4H3,(H,37,40)/t17-,18-/m0/s1. The summed E-state index contributed by atoms with van der Waals surface area (Å²) in [6.45, 7) is 1.96. The summed E-state index contributed by atoms with van der Waals surface area (Å²) < 4.78 is 133. The fourth-order valence-corrected chi connectivity index (χ4v) is 4.14. The third kappa shape index (κ3) is 7.44. The lowest BCUT2D eigenvalue weighted by Gasteiger charge is -2.34. The molecule has 1 N–H and O–H groups in total. The van der Waals surface area contributed by atoms with Crippen molar-refractivity contribution in [3.63, 3.8) is 0 Å². The molecule has 3 aromatic heterocycles. The lowest BCUT2D eigenvalue weighted by atomic mass is 10.1. The molecule has 3 heterocycles. The fraction of sp³-hybridized carbons (Fsp3) is 0.500. The van der Waals surface area contributed by atoms with Crippen molar-refractivity contribution in [1.82, 2.24) is 29.6 Å². The predicted molar refractivity (Wildman–Crippen MR) is 129 cm³/mol. The number of carbonyl (C=O) groups is 1. The first-order chi connectivity index (χ1) is 19.4.